The summed E-state index contributed by atoms with van der Waals surface area (Å²) < 4.78 is 25.8. The third-order valence-electron chi connectivity index (χ3n) is 1.91. The van der Waals surface area contributed by atoms with Gasteiger partial charge >= 0.3 is 0 Å². The van der Waals surface area contributed by atoms with Crippen molar-refractivity contribution in [2.24, 2.45) is 0 Å². The number of carbonyl (C=O) groups is 1. The summed E-state index contributed by atoms with van der Waals surface area (Å²) in [7, 11) is 0. The third kappa shape index (κ3) is 2.80. The van der Waals surface area contributed by atoms with Gasteiger partial charge in [0.2, 0.25) is 5.91 Å². The molecule has 0 aliphatic carbocycles. The fourth-order valence-electron chi connectivity index (χ4n) is 1.19. The molecule has 0 aliphatic rings. The highest BCUT2D eigenvalue weighted by Gasteiger charge is 2.10. The quantitative estimate of drug-likeness (QED) is 0.824. The Kier molecular flexibility index (Phi) is 3.03. The molecule has 0 atom stereocenters. The Labute approximate surface area is 94.0 Å². The summed E-state index contributed by atoms with van der Waals surface area (Å²) in [5, 5.41) is 14.9. The maximum atomic E-state index is 13.2. The van der Waals surface area contributed by atoms with Gasteiger partial charge in [-0.3, -0.25) is 4.79 Å². The van der Waals surface area contributed by atoms with E-state index in [1.165, 1.54) is 0 Å². The summed E-state index contributed by atoms with van der Waals surface area (Å²) in [5.41, 5.74) is -0.0973. The zero-order valence-electron chi connectivity index (χ0n) is 8.44. The lowest BCUT2D eigenvalue weighted by Crippen LogP contribution is -2.16. The van der Waals surface area contributed by atoms with Crippen molar-refractivity contribution in [3.05, 3.63) is 35.7 Å². The van der Waals surface area contributed by atoms with Crippen LogP contribution in [0.2, 0.25) is 0 Å². The van der Waals surface area contributed by atoms with Gasteiger partial charge in [0.15, 0.2) is 5.82 Å². The summed E-state index contributed by atoms with van der Waals surface area (Å²) in [6.07, 6.45) is -0.146. The standard InChI is InChI=1S/C9H7F2N5O/c10-5-1-2-7(6(11)3-5)12-9(17)4-8-13-15-16-14-8/h1-3H,4H2,(H,12,17)(H,13,14,15,16). The van der Waals surface area contributed by atoms with Crippen molar-refractivity contribution in [1.29, 1.82) is 0 Å². The second kappa shape index (κ2) is 4.64. The molecule has 2 rings (SSSR count). The number of nitrogens with zero attached hydrogens (tertiary/aromatic N) is 3. The summed E-state index contributed by atoms with van der Waals surface area (Å²) in [5.74, 6) is -1.88. The maximum Gasteiger partial charge on any atom is 0.232 e. The summed E-state index contributed by atoms with van der Waals surface area (Å²) in [4.78, 5) is 11.4. The average molecular weight is 239 g/mol. The lowest BCUT2D eigenvalue weighted by molar-refractivity contribution is -0.115. The maximum absolute atomic E-state index is 13.2. The molecule has 1 amide bonds. The van der Waals surface area contributed by atoms with E-state index in [0.717, 1.165) is 12.1 Å². The van der Waals surface area contributed by atoms with Gasteiger partial charge in [-0.1, -0.05) is 5.21 Å². The van der Waals surface area contributed by atoms with Crippen molar-refractivity contribution in [3.8, 4) is 0 Å². The van der Waals surface area contributed by atoms with E-state index in [1.807, 2.05) is 0 Å². The van der Waals surface area contributed by atoms with E-state index in [4.69, 9.17) is 0 Å². The van der Waals surface area contributed by atoms with Crippen LogP contribution in [-0.2, 0) is 11.2 Å². The van der Waals surface area contributed by atoms with Crippen molar-refractivity contribution < 1.29 is 13.6 Å². The van der Waals surface area contributed by atoms with Crippen molar-refractivity contribution >= 4 is 11.6 Å². The van der Waals surface area contributed by atoms with Crippen LogP contribution in [0, 0.1) is 11.6 Å². The highest BCUT2D eigenvalue weighted by atomic mass is 19.1. The van der Waals surface area contributed by atoms with Crippen LogP contribution in [0.1, 0.15) is 5.82 Å². The molecule has 0 fully saturated rings. The number of amides is 1. The number of carbonyl (C=O) groups excluding carboxylic acids is 1. The fourth-order valence-corrected chi connectivity index (χ4v) is 1.19. The highest BCUT2D eigenvalue weighted by Crippen LogP contribution is 2.14. The molecular weight excluding hydrogens is 232 g/mol. The number of halogens is 2. The largest absolute Gasteiger partial charge is 0.323 e. The number of H-pyrrole nitrogens is 1. The molecule has 0 unspecified atom stereocenters. The monoisotopic (exact) mass is 239 g/mol. The van der Waals surface area contributed by atoms with Crippen molar-refractivity contribution in [2.45, 2.75) is 6.42 Å². The van der Waals surface area contributed by atoms with Crippen molar-refractivity contribution in [1.82, 2.24) is 20.6 Å². The lowest BCUT2D eigenvalue weighted by Gasteiger charge is -2.04. The van der Waals surface area contributed by atoms with Crippen LogP contribution >= 0.6 is 0 Å². The lowest BCUT2D eigenvalue weighted by atomic mass is 10.3. The molecule has 0 spiro atoms. The normalized spacial score (nSPS) is 10.2. The first kappa shape index (κ1) is 11.1. The molecule has 0 saturated heterocycles. The SMILES string of the molecule is O=C(Cc1nn[nH]n1)Nc1ccc(F)cc1F. The second-order valence-corrected chi connectivity index (χ2v) is 3.18. The van der Waals surface area contributed by atoms with E-state index in [-0.39, 0.29) is 17.9 Å². The van der Waals surface area contributed by atoms with E-state index in [0.29, 0.717) is 6.07 Å². The molecule has 2 N–H and O–H groups in total. The van der Waals surface area contributed by atoms with E-state index in [1.54, 1.807) is 0 Å². The molecule has 1 aromatic carbocycles. The van der Waals surface area contributed by atoms with Gasteiger partial charge in [0.1, 0.15) is 11.6 Å². The van der Waals surface area contributed by atoms with Crippen LogP contribution in [0.3, 0.4) is 0 Å². The Morgan fingerprint density at radius 2 is 2.24 bits per heavy atom. The van der Waals surface area contributed by atoms with Crippen LogP contribution < -0.4 is 5.32 Å². The number of hydrogen-bond acceptors (Lipinski definition) is 4. The van der Waals surface area contributed by atoms with Gasteiger partial charge in [-0.15, -0.1) is 10.2 Å². The number of hydrogen-bond donors (Lipinski definition) is 2. The third-order valence-corrected chi connectivity index (χ3v) is 1.91. The Morgan fingerprint density at radius 1 is 1.41 bits per heavy atom. The predicted molar refractivity (Wildman–Crippen MR) is 52.9 cm³/mol. The molecule has 0 aliphatic heterocycles. The molecule has 6 nitrogen and oxygen atoms in total. The van der Waals surface area contributed by atoms with Gasteiger partial charge in [0.25, 0.3) is 0 Å². The molecule has 2 aromatic rings. The first-order valence-electron chi connectivity index (χ1n) is 4.62. The fraction of sp³-hybridized carbons (Fsp3) is 0.111. The molecule has 0 radical (unpaired) electrons. The molecule has 0 saturated carbocycles. The zero-order valence-corrected chi connectivity index (χ0v) is 8.44. The number of aromatic nitrogens is 4. The van der Waals surface area contributed by atoms with Gasteiger partial charge in [0, 0.05) is 6.07 Å². The number of tetrazole rings is 1. The van der Waals surface area contributed by atoms with E-state index >= 15 is 0 Å². The average Bonchev–Trinajstić information content (AvgIpc) is 2.75. The zero-order chi connectivity index (χ0) is 12.3. The summed E-state index contributed by atoms with van der Waals surface area (Å²) in [6, 6.07) is 2.87. The summed E-state index contributed by atoms with van der Waals surface area (Å²) in [6.45, 7) is 0. The first-order valence-corrected chi connectivity index (χ1v) is 4.62. The first-order chi connectivity index (χ1) is 8.15. The van der Waals surface area contributed by atoms with Crippen LogP contribution in [-0.4, -0.2) is 26.5 Å². The number of nitrogens with one attached hydrogen (secondary N) is 2. The Balaban J connectivity index is 2.03. The molecule has 1 heterocycles. The molecule has 0 bridgehead atoms. The summed E-state index contributed by atoms with van der Waals surface area (Å²) >= 11 is 0. The number of rotatable bonds is 3. The minimum absolute atomic E-state index is 0.0973. The van der Waals surface area contributed by atoms with Crippen LogP contribution in [0.25, 0.3) is 0 Å². The molecule has 88 valence electrons. The van der Waals surface area contributed by atoms with E-state index < -0.39 is 17.5 Å². The van der Waals surface area contributed by atoms with Crippen molar-refractivity contribution in [2.75, 3.05) is 5.32 Å². The van der Waals surface area contributed by atoms with Gasteiger partial charge < -0.3 is 5.32 Å². The van der Waals surface area contributed by atoms with Gasteiger partial charge in [0.05, 0.1) is 12.1 Å². The van der Waals surface area contributed by atoms with Crippen molar-refractivity contribution in [3.63, 3.8) is 0 Å². The number of aromatic amines is 1. The molecule has 17 heavy (non-hydrogen) atoms. The molecule has 1 aromatic heterocycles. The second-order valence-electron chi connectivity index (χ2n) is 3.18. The Hall–Kier alpha value is -2.38. The Bertz CT molecular complexity index is 528. The Morgan fingerprint density at radius 3 is 2.88 bits per heavy atom. The molecular formula is C9H7F2N5O. The van der Waals surface area contributed by atoms with Gasteiger partial charge in [-0.05, 0) is 12.1 Å². The molecule has 8 heteroatoms. The minimum Gasteiger partial charge on any atom is -0.323 e. The topological polar surface area (TPSA) is 83.6 Å². The van der Waals surface area contributed by atoms with Crippen LogP contribution in [0.15, 0.2) is 18.2 Å². The highest BCUT2D eigenvalue weighted by molar-refractivity contribution is 5.91. The minimum atomic E-state index is -0.841. The smallest absolute Gasteiger partial charge is 0.232 e. The number of benzene rings is 1. The van der Waals surface area contributed by atoms with Gasteiger partial charge in [-0.2, -0.15) is 5.21 Å². The number of anilines is 1. The van der Waals surface area contributed by atoms with Gasteiger partial charge in [-0.25, -0.2) is 8.78 Å². The van der Waals surface area contributed by atoms with E-state index in [9.17, 15) is 13.6 Å². The van der Waals surface area contributed by atoms with Crippen LogP contribution in [0.5, 0.6) is 0 Å². The predicted octanol–water partition coefficient (Wildman–Crippen LogP) is 0.659. The van der Waals surface area contributed by atoms with Crippen LogP contribution in [0.4, 0.5) is 14.5 Å². The van der Waals surface area contributed by atoms with E-state index in [2.05, 4.69) is 25.9 Å².